The second kappa shape index (κ2) is 5.82. The molecule has 0 aromatic heterocycles. The van der Waals surface area contributed by atoms with Crippen LogP contribution in [0, 0.1) is 5.82 Å². The minimum atomic E-state index is -0.446. The summed E-state index contributed by atoms with van der Waals surface area (Å²) >= 11 is 0. The molecular weight excluding hydrogens is 207 g/mol. The molecule has 0 spiro atoms. The van der Waals surface area contributed by atoms with Crippen molar-refractivity contribution in [1.82, 2.24) is 0 Å². The monoisotopic (exact) mass is 226 g/mol. The topological polar surface area (TPSA) is 47.3 Å². The standard InChI is InChI=1S/C12H19FN2O/c1-3-16-9-12(2,8-14)15-11-7-5-4-6-10(11)13/h4-7,15H,3,8-9,14H2,1-2H3. The van der Waals surface area contributed by atoms with Gasteiger partial charge in [-0.2, -0.15) is 0 Å². The molecule has 0 amide bonds. The lowest BCUT2D eigenvalue weighted by Gasteiger charge is -2.30. The Hall–Kier alpha value is -1.13. The van der Waals surface area contributed by atoms with Crippen molar-refractivity contribution in [3.8, 4) is 0 Å². The summed E-state index contributed by atoms with van der Waals surface area (Å²) in [7, 11) is 0. The van der Waals surface area contributed by atoms with Crippen molar-refractivity contribution in [3.05, 3.63) is 30.1 Å². The van der Waals surface area contributed by atoms with E-state index in [9.17, 15) is 4.39 Å². The molecule has 0 aliphatic carbocycles. The van der Waals surface area contributed by atoms with Gasteiger partial charge >= 0.3 is 0 Å². The van der Waals surface area contributed by atoms with Crippen LogP contribution in [0.1, 0.15) is 13.8 Å². The second-order valence-electron chi connectivity index (χ2n) is 4.01. The Bertz CT molecular complexity index is 333. The van der Waals surface area contributed by atoms with Crippen LogP contribution in [0.15, 0.2) is 24.3 Å². The first-order valence-electron chi connectivity index (χ1n) is 5.42. The molecule has 1 rings (SSSR count). The molecule has 4 heteroatoms. The van der Waals surface area contributed by atoms with Gasteiger partial charge in [0.15, 0.2) is 0 Å². The minimum absolute atomic E-state index is 0.279. The maximum absolute atomic E-state index is 13.4. The van der Waals surface area contributed by atoms with Crippen LogP contribution in [0.25, 0.3) is 0 Å². The van der Waals surface area contributed by atoms with E-state index in [1.54, 1.807) is 18.2 Å². The van der Waals surface area contributed by atoms with Gasteiger partial charge in [-0.3, -0.25) is 0 Å². The van der Waals surface area contributed by atoms with Gasteiger partial charge in [0.05, 0.1) is 17.8 Å². The molecule has 0 aliphatic rings. The fourth-order valence-corrected chi connectivity index (χ4v) is 1.36. The van der Waals surface area contributed by atoms with E-state index in [2.05, 4.69) is 5.32 Å². The third kappa shape index (κ3) is 3.47. The second-order valence-corrected chi connectivity index (χ2v) is 4.01. The van der Waals surface area contributed by atoms with Crippen molar-refractivity contribution in [1.29, 1.82) is 0 Å². The van der Waals surface area contributed by atoms with Gasteiger partial charge in [0.1, 0.15) is 5.82 Å². The largest absolute Gasteiger partial charge is 0.379 e. The smallest absolute Gasteiger partial charge is 0.146 e. The van der Waals surface area contributed by atoms with E-state index in [4.69, 9.17) is 10.5 Å². The quantitative estimate of drug-likeness (QED) is 0.780. The van der Waals surface area contributed by atoms with Gasteiger partial charge in [0.25, 0.3) is 0 Å². The first-order valence-corrected chi connectivity index (χ1v) is 5.42. The van der Waals surface area contributed by atoms with Crippen molar-refractivity contribution >= 4 is 5.69 Å². The molecule has 0 saturated carbocycles. The highest BCUT2D eigenvalue weighted by Gasteiger charge is 2.23. The van der Waals surface area contributed by atoms with E-state index < -0.39 is 5.54 Å². The van der Waals surface area contributed by atoms with Gasteiger partial charge in [-0.25, -0.2) is 4.39 Å². The maximum atomic E-state index is 13.4. The first-order chi connectivity index (χ1) is 7.61. The van der Waals surface area contributed by atoms with Gasteiger partial charge in [-0.05, 0) is 26.0 Å². The number of anilines is 1. The molecule has 0 heterocycles. The molecule has 0 bridgehead atoms. The Balaban J connectivity index is 2.72. The molecule has 1 unspecified atom stereocenters. The van der Waals surface area contributed by atoms with Gasteiger partial charge in [0.2, 0.25) is 0 Å². The lowest BCUT2D eigenvalue weighted by Crippen LogP contribution is -2.47. The Morgan fingerprint density at radius 3 is 2.69 bits per heavy atom. The van der Waals surface area contributed by atoms with Crippen LogP contribution in [0.2, 0.25) is 0 Å². The molecular formula is C12H19FN2O. The Morgan fingerprint density at radius 2 is 2.12 bits per heavy atom. The zero-order valence-corrected chi connectivity index (χ0v) is 9.79. The average Bonchev–Trinajstić information content (AvgIpc) is 2.30. The number of ether oxygens (including phenoxy) is 1. The van der Waals surface area contributed by atoms with E-state index in [0.29, 0.717) is 25.4 Å². The molecule has 3 N–H and O–H groups in total. The van der Waals surface area contributed by atoms with E-state index in [1.165, 1.54) is 6.07 Å². The van der Waals surface area contributed by atoms with Gasteiger partial charge < -0.3 is 15.8 Å². The predicted octanol–water partition coefficient (Wildman–Crippen LogP) is 1.99. The molecule has 0 saturated heterocycles. The summed E-state index contributed by atoms with van der Waals surface area (Å²) in [6.45, 7) is 5.28. The molecule has 90 valence electrons. The van der Waals surface area contributed by atoms with Crippen molar-refractivity contribution in [2.45, 2.75) is 19.4 Å². The lowest BCUT2D eigenvalue weighted by atomic mass is 10.0. The summed E-state index contributed by atoms with van der Waals surface area (Å²) in [5, 5.41) is 3.08. The van der Waals surface area contributed by atoms with Crippen LogP contribution in [-0.4, -0.2) is 25.3 Å². The van der Waals surface area contributed by atoms with E-state index in [0.717, 1.165) is 0 Å². The van der Waals surface area contributed by atoms with E-state index >= 15 is 0 Å². The number of nitrogens with two attached hydrogens (primary N) is 1. The number of rotatable bonds is 6. The van der Waals surface area contributed by atoms with Crippen molar-refractivity contribution in [3.63, 3.8) is 0 Å². The summed E-state index contributed by atoms with van der Waals surface area (Å²) in [5.41, 5.74) is 5.69. The number of hydrogen-bond acceptors (Lipinski definition) is 3. The molecule has 0 fully saturated rings. The Morgan fingerprint density at radius 1 is 1.44 bits per heavy atom. The molecule has 1 aromatic rings. The van der Waals surface area contributed by atoms with Gasteiger partial charge in [0, 0.05) is 13.2 Å². The fraction of sp³-hybridized carbons (Fsp3) is 0.500. The van der Waals surface area contributed by atoms with Crippen LogP contribution >= 0.6 is 0 Å². The third-order valence-electron chi connectivity index (χ3n) is 2.39. The number of benzene rings is 1. The first kappa shape index (κ1) is 12.9. The molecule has 0 radical (unpaired) electrons. The van der Waals surface area contributed by atoms with Crippen LogP contribution in [-0.2, 0) is 4.74 Å². The molecule has 3 nitrogen and oxygen atoms in total. The fourth-order valence-electron chi connectivity index (χ4n) is 1.36. The summed E-state index contributed by atoms with van der Waals surface area (Å²) in [5.74, 6) is -0.279. The van der Waals surface area contributed by atoms with E-state index in [-0.39, 0.29) is 5.82 Å². The summed E-state index contributed by atoms with van der Waals surface area (Å²) in [6, 6.07) is 6.54. The lowest BCUT2D eigenvalue weighted by molar-refractivity contribution is 0.111. The van der Waals surface area contributed by atoms with Crippen molar-refractivity contribution < 1.29 is 9.13 Å². The minimum Gasteiger partial charge on any atom is -0.379 e. The number of nitrogens with one attached hydrogen (secondary N) is 1. The number of hydrogen-bond donors (Lipinski definition) is 2. The van der Waals surface area contributed by atoms with Crippen molar-refractivity contribution in [2.75, 3.05) is 25.1 Å². The average molecular weight is 226 g/mol. The molecule has 16 heavy (non-hydrogen) atoms. The van der Waals surface area contributed by atoms with E-state index in [1.807, 2.05) is 13.8 Å². The third-order valence-corrected chi connectivity index (χ3v) is 2.39. The van der Waals surface area contributed by atoms with Crippen LogP contribution < -0.4 is 11.1 Å². The Kier molecular flexibility index (Phi) is 4.71. The molecule has 0 aliphatic heterocycles. The van der Waals surface area contributed by atoms with Crippen LogP contribution in [0.4, 0.5) is 10.1 Å². The highest BCUT2D eigenvalue weighted by atomic mass is 19.1. The Labute approximate surface area is 95.8 Å². The summed E-state index contributed by atoms with van der Waals surface area (Å²) < 4.78 is 18.8. The number of para-hydroxylation sites is 1. The highest BCUT2D eigenvalue weighted by molar-refractivity contribution is 5.46. The zero-order valence-electron chi connectivity index (χ0n) is 9.79. The molecule has 1 atom stereocenters. The van der Waals surface area contributed by atoms with Crippen LogP contribution in [0.5, 0.6) is 0 Å². The zero-order chi connectivity index (χ0) is 12.0. The number of halogens is 1. The van der Waals surface area contributed by atoms with Crippen molar-refractivity contribution in [2.24, 2.45) is 5.73 Å². The maximum Gasteiger partial charge on any atom is 0.146 e. The predicted molar refractivity (Wildman–Crippen MR) is 64.0 cm³/mol. The van der Waals surface area contributed by atoms with Gasteiger partial charge in [-0.15, -0.1) is 0 Å². The molecule has 1 aromatic carbocycles. The van der Waals surface area contributed by atoms with Gasteiger partial charge in [-0.1, -0.05) is 12.1 Å². The summed E-state index contributed by atoms with van der Waals surface area (Å²) in [6.07, 6.45) is 0. The summed E-state index contributed by atoms with van der Waals surface area (Å²) in [4.78, 5) is 0. The highest BCUT2D eigenvalue weighted by Crippen LogP contribution is 2.18. The van der Waals surface area contributed by atoms with Crippen LogP contribution in [0.3, 0.4) is 0 Å². The normalized spacial score (nSPS) is 14.5. The SMILES string of the molecule is CCOCC(C)(CN)Nc1ccccc1F.